The van der Waals surface area contributed by atoms with Crippen molar-refractivity contribution >= 4 is 11.5 Å². The first kappa shape index (κ1) is 18.1. The third kappa shape index (κ3) is 2.26. The molecule has 5 unspecified atom stereocenters. The number of fused-ring (bicyclic) bond motifs is 5. The first-order valence-electron chi connectivity index (χ1n) is 10.6. The van der Waals surface area contributed by atoms with Gasteiger partial charge in [0.2, 0.25) is 5.91 Å². The maximum atomic E-state index is 14.5. The van der Waals surface area contributed by atoms with Crippen LogP contribution in [0.2, 0.25) is 0 Å². The van der Waals surface area contributed by atoms with E-state index in [0.29, 0.717) is 29.7 Å². The Bertz CT molecular complexity index is 906. The van der Waals surface area contributed by atoms with Gasteiger partial charge in [-0.25, -0.2) is 4.39 Å². The smallest absolute Gasteiger partial charge is 0.226 e. The molecule has 1 saturated carbocycles. The first-order valence-corrected chi connectivity index (χ1v) is 10.6. The molecular formula is C24H29FN2O. The molecule has 3 nitrogen and oxygen atoms in total. The predicted octanol–water partition coefficient (Wildman–Crippen LogP) is 5.20. The summed E-state index contributed by atoms with van der Waals surface area (Å²) < 4.78 is 14.5. The average Bonchev–Trinajstić information content (AvgIpc) is 3.03. The number of hydrogen-bond acceptors (Lipinski definition) is 2. The number of carbonyl (C=O) groups excluding carboxylic acids is 1. The van der Waals surface area contributed by atoms with E-state index in [1.165, 1.54) is 18.0 Å². The van der Waals surface area contributed by atoms with E-state index in [2.05, 4.69) is 31.0 Å². The van der Waals surface area contributed by atoms with Gasteiger partial charge in [0.1, 0.15) is 5.82 Å². The largest absolute Gasteiger partial charge is 0.319 e. The van der Waals surface area contributed by atoms with Crippen LogP contribution >= 0.6 is 0 Å². The molecule has 0 radical (unpaired) electrons. The van der Waals surface area contributed by atoms with E-state index < -0.39 is 0 Å². The van der Waals surface area contributed by atoms with Crippen LogP contribution in [-0.2, 0) is 4.79 Å². The number of piperidine rings is 1. The third-order valence-electron chi connectivity index (χ3n) is 8.66. The zero-order valence-corrected chi connectivity index (χ0v) is 17.0. The SMILES string of the molecule is CN1C(=O)CCC2(C)C1=CCC1C3CC=C(c4cnccc4F)C3(C)CCC12. The molecule has 1 aromatic heterocycles. The van der Waals surface area contributed by atoms with Gasteiger partial charge in [0, 0.05) is 42.5 Å². The number of pyridine rings is 1. The normalized spacial score (nSPS) is 39.6. The molecule has 3 aliphatic carbocycles. The van der Waals surface area contributed by atoms with E-state index in [4.69, 9.17) is 0 Å². The second-order valence-corrected chi connectivity index (χ2v) is 9.74. The Labute approximate surface area is 166 Å². The van der Waals surface area contributed by atoms with Crippen LogP contribution in [0.1, 0.15) is 57.9 Å². The number of amides is 1. The Kier molecular flexibility index (Phi) is 3.88. The van der Waals surface area contributed by atoms with Gasteiger partial charge in [-0.05, 0) is 66.9 Å². The molecule has 0 spiro atoms. The van der Waals surface area contributed by atoms with Crippen LogP contribution in [0, 0.1) is 34.4 Å². The van der Waals surface area contributed by atoms with Gasteiger partial charge in [-0.15, -0.1) is 0 Å². The van der Waals surface area contributed by atoms with Gasteiger partial charge < -0.3 is 4.90 Å². The molecule has 1 saturated heterocycles. The van der Waals surface area contributed by atoms with Crippen molar-refractivity contribution in [2.45, 2.75) is 52.4 Å². The molecule has 4 aliphatic rings. The van der Waals surface area contributed by atoms with Crippen molar-refractivity contribution in [2.24, 2.45) is 28.6 Å². The van der Waals surface area contributed by atoms with Gasteiger partial charge >= 0.3 is 0 Å². The Balaban J connectivity index is 1.50. The predicted molar refractivity (Wildman–Crippen MR) is 107 cm³/mol. The number of hydrogen-bond donors (Lipinski definition) is 0. The topological polar surface area (TPSA) is 33.2 Å². The summed E-state index contributed by atoms with van der Waals surface area (Å²) in [6.45, 7) is 4.72. The van der Waals surface area contributed by atoms with E-state index in [1.807, 2.05) is 11.9 Å². The molecular weight excluding hydrogens is 351 g/mol. The summed E-state index contributed by atoms with van der Waals surface area (Å²) in [6, 6.07) is 1.48. The Morgan fingerprint density at radius 1 is 1.14 bits per heavy atom. The van der Waals surface area contributed by atoms with E-state index in [9.17, 15) is 9.18 Å². The molecule has 1 aromatic rings. The molecule has 0 aromatic carbocycles. The highest BCUT2D eigenvalue weighted by atomic mass is 19.1. The van der Waals surface area contributed by atoms with Gasteiger partial charge in [-0.1, -0.05) is 26.0 Å². The Hall–Kier alpha value is -1.97. The lowest BCUT2D eigenvalue weighted by Gasteiger charge is -2.58. The lowest BCUT2D eigenvalue weighted by atomic mass is 9.49. The average molecular weight is 381 g/mol. The van der Waals surface area contributed by atoms with Crippen molar-refractivity contribution < 1.29 is 9.18 Å². The first-order chi connectivity index (χ1) is 13.4. The molecule has 4 heteroatoms. The maximum Gasteiger partial charge on any atom is 0.226 e. The number of halogens is 1. The van der Waals surface area contributed by atoms with Crippen LogP contribution in [0.4, 0.5) is 4.39 Å². The minimum Gasteiger partial charge on any atom is -0.319 e. The third-order valence-corrected chi connectivity index (χ3v) is 8.66. The number of carbonyl (C=O) groups is 1. The molecule has 148 valence electrons. The van der Waals surface area contributed by atoms with Crippen molar-refractivity contribution in [2.75, 3.05) is 7.05 Å². The van der Waals surface area contributed by atoms with Crippen molar-refractivity contribution in [3.8, 4) is 0 Å². The zero-order valence-electron chi connectivity index (χ0n) is 17.0. The van der Waals surface area contributed by atoms with Crippen LogP contribution in [0.3, 0.4) is 0 Å². The van der Waals surface area contributed by atoms with Crippen LogP contribution in [-0.4, -0.2) is 22.8 Å². The molecule has 2 fully saturated rings. The quantitative estimate of drug-likeness (QED) is 0.671. The maximum absolute atomic E-state index is 14.5. The van der Waals surface area contributed by atoms with E-state index in [0.717, 1.165) is 37.7 Å². The summed E-state index contributed by atoms with van der Waals surface area (Å²) in [5, 5.41) is 0. The summed E-state index contributed by atoms with van der Waals surface area (Å²) in [7, 11) is 1.94. The van der Waals surface area contributed by atoms with Crippen LogP contribution in [0.15, 0.2) is 36.3 Å². The summed E-state index contributed by atoms with van der Waals surface area (Å²) in [4.78, 5) is 18.4. The number of rotatable bonds is 1. The van der Waals surface area contributed by atoms with E-state index in [-0.39, 0.29) is 22.6 Å². The summed E-state index contributed by atoms with van der Waals surface area (Å²) >= 11 is 0. The summed E-state index contributed by atoms with van der Waals surface area (Å²) in [6.07, 6.45) is 13.7. The monoisotopic (exact) mass is 380 g/mol. The van der Waals surface area contributed by atoms with Crippen LogP contribution in [0.25, 0.3) is 5.57 Å². The van der Waals surface area contributed by atoms with Crippen LogP contribution in [0.5, 0.6) is 0 Å². The van der Waals surface area contributed by atoms with Gasteiger partial charge in [-0.3, -0.25) is 9.78 Å². The molecule has 0 bridgehead atoms. The molecule has 2 heterocycles. The van der Waals surface area contributed by atoms with E-state index >= 15 is 0 Å². The minimum absolute atomic E-state index is 0.0170. The molecule has 1 amide bonds. The second kappa shape index (κ2) is 6.01. The second-order valence-electron chi connectivity index (χ2n) is 9.74. The lowest BCUT2D eigenvalue weighted by molar-refractivity contribution is -0.135. The number of likely N-dealkylation sites (tertiary alicyclic amines) is 1. The fourth-order valence-corrected chi connectivity index (χ4v) is 7.14. The highest BCUT2D eigenvalue weighted by molar-refractivity contribution is 5.79. The number of nitrogens with zero attached hydrogens (tertiary/aromatic N) is 2. The highest BCUT2D eigenvalue weighted by Gasteiger charge is 2.57. The fraction of sp³-hybridized carbons (Fsp3) is 0.583. The molecule has 5 rings (SSSR count). The van der Waals surface area contributed by atoms with Gasteiger partial charge in [0.15, 0.2) is 0 Å². The van der Waals surface area contributed by atoms with Crippen molar-refractivity contribution in [1.29, 1.82) is 0 Å². The van der Waals surface area contributed by atoms with Gasteiger partial charge in [0.25, 0.3) is 0 Å². The Morgan fingerprint density at radius 2 is 1.96 bits per heavy atom. The highest BCUT2D eigenvalue weighted by Crippen LogP contribution is 2.66. The minimum atomic E-state index is -0.157. The number of allylic oxidation sites excluding steroid dienone is 4. The molecule has 0 N–H and O–H groups in total. The van der Waals surface area contributed by atoms with Crippen molar-refractivity contribution in [3.05, 3.63) is 47.7 Å². The molecule has 5 atom stereocenters. The lowest BCUT2D eigenvalue weighted by Crippen LogP contribution is -2.53. The van der Waals surface area contributed by atoms with Crippen molar-refractivity contribution in [3.63, 3.8) is 0 Å². The zero-order chi connectivity index (χ0) is 19.7. The molecule has 1 aliphatic heterocycles. The fourth-order valence-electron chi connectivity index (χ4n) is 7.14. The summed E-state index contributed by atoms with van der Waals surface area (Å²) in [5.41, 5.74) is 3.21. The number of aromatic nitrogens is 1. The van der Waals surface area contributed by atoms with Gasteiger partial charge in [-0.2, -0.15) is 0 Å². The molecule has 28 heavy (non-hydrogen) atoms. The van der Waals surface area contributed by atoms with Gasteiger partial charge in [0.05, 0.1) is 0 Å². The van der Waals surface area contributed by atoms with Crippen LogP contribution < -0.4 is 0 Å². The van der Waals surface area contributed by atoms with E-state index in [1.54, 1.807) is 6.20 Å². The Morgan fingerprint density at radius 3 is 2.75 bits per heavy atom. The van der Waals surface area contributed by atoms with Crippen molar-refractivity contribution in [1.82, 2.24) is 9.88 Å². The standard InChI is InChI=1S/C24H29FN2O/c1-23-11-8-19-15(4-7-21-24(19,2)12-9-22(28)27(21)3)17(23)5-6-18(23)16-14-26-13-10-20(16)25/h6-7,10,13-15,17,19H,4-5,8-9,11-12H2,1-3H3. The summed E-state index contributed by atoms with van der Waals surface area (Å²) in [5.74, 6) is 1.84.